The van der Waals surface area contributed by atoms with Gasteiger partial charge in [-0.2, -0.15) is 0 Å². The number of ether oxygens (including phenoxy) is 3. The fourth-order valence-electron chi connectivity index (χ4n) is 8.95. The summed E-state index contributed by atoms with van der Waals surface area (Å²) in [6.45, 7) is 7.64. The Hall–Kier alpha value is -3.67. The number of phenols is 1. The van der Waals surface area contributed by atoms with E-state index in [1.165, 1.54) is 50.9 Å². The summed E-state index contributed by atoms with van der Waals surface area (Å²) in [7, 11) is 0. The Morgan fingerprint density at radius 3 is 2.53 bits per heavy atom. The zero-order valence-electron chi connectivity index (χ0n) is 29.8. The van der Waals surface area contributed by atoms with Gasteiger partial charge in [0, 0.05) is 49.4 Å². The number of carbonyl (C=O) groups excluding carboxylic acids is 1. The third-order valence-electron chi connectivity index (χ3n) is 12.0. The topological polar surface area (TPSA) is 130 Å². The van der Waals surface area contributed by atoms with Gasteiger partial charge in [0.05, 0.1) is 44.6 Å². The molecule has 3 saturated heterocycles. The largest absolute Gasteiger partial charge is 0.508 e. The fraction of sp³-hybridized carbons (Fsp3) is 0.537. The Kier molecular flexibility index (Phi) is 10.9. The lowest BCUT2D eigenvalue weighted by Gasteiger charge is -2.53. The van der Waals surface area contributed by atoms with Crippen LogP contribution in [0.4, 0.5) is 5.69 Å². The van der Waals surface area contributed by atoms with Crippen molar-refractivity contribution in [2.75, 3.05) is 57.9 Å². The summed E-state index contributed by atoms with van der Waals surface area (Å²) < 4.78 is 19.5. The van der Waals surface area contributed by atoms with E-state index in [0.717, 1.165) is 53.7 Å². The minimum absolute atomic E-state index is 0.0442. The summed E-state index contributed by atoms with van der Waals surface area (Å²) >= 11 is 0. The minimum Gasteiger partial charge on any atom is -0.508 e. The molecule has 0 aromatic heterocycles. The van der Waals surface area contributed by atoms with Crippen molar-refractivity contribution in [2.24, 2.45) is 11.8 Å². The van der Waals surface area contributed by atoms with E-state index in [-0.39, 0.29) is 42.9 Å². The number of benzene rings is 3. The second kappa shape index (κ2) is 15.5. The number of carbonyl (C=O) groups is 1. The molecule has 5 N–H and O–H groups in total. The van der Waals surface area contributed by atoms with E-state index in [0.29, 0.717) is 36.1 Å². The van der Waals surface area contributed by atoms with Crippen molar-refractivity contribution in [3.8, 4) is 17.2 Å². The van der Waals surface area contributed by atoms with Crippen LogP contribution in [-0.4, -0.2) is 84.4 Å². The monoisotopic (exact) mass is 700 g/mol. The van der Waals surface area contributed by atoms with Crippen LogP contribution in [0.15, 0.2) is 66.7 Å². The summed E-state index contributed by atoms with van der Waals surface area (Å²) in [5.74, 6) is 1.70. The van der Waals surface area contributed by atoms with Crippen molar-refractivity contribution >= 4 is 11.6 Å². The van der Waals surface area contributed by atoms with Crippen LogP contribution in [0, 0.1) is 11.8 Å². The Morgan fingerprint density at radius 1 is 1.04 bits per heavy atom. The number of nitrogens with one attached hydrogen (secondary N) is 2. The maximum atomic E-state index is 12.0. The zero-order valence-corrected chi connectivity index (χ0v) is 29.8. The predicted octanol–water partition coefficient (Wildman–Crippen LogP) is 5.58. The number of aliphatic hydroxyl groups excluding tert-OH is 1. The third kappa shape index (κ3) is 8.05. The first-order valence-electron chi connectivity index (χ1n) is 18.9. The first-order chi connectivity index (χ1) is 24.7. The first kappa shape index (κ1) is 35.7. The van der Waals surface area contributed by atoms with E-state index in [1.807, 2.05) is 49.4 Å². The number of quaternary nitrogens is 1. The molecule has 4 aliphatic heterocycles. The molecule has 4 heterocycles. The van der Waals surface area contributed by atoms with Crippen molar-refractivity contribution in [2.45, 2.75) is 75.7 Å². The standard InChI is InChI=1S/C41H53N3O7/c1-28(42-24-37(46)35-22-33(45)23-36-40(35)50-26-39(47)43-36)29-12-14-34(15-13-29)49-21-7-18-44-19-16-30(17-20-44)38(25-44)51-27-41(48,32-10-5-6-11-32)31-8-3-2-4-9-31/h2-4,8-9,12-15,22-23,28,30,32,37-38,42,46,48H,5-7,10-11,16-21,24-27H2,1H3,(H-,43,45,47)/p+1/t28-,30?,37+,38+,41-,44?/m1/s1. The number of piperidine rings is 3. The van der Waals surface area contributed by atoms with Crippen molar-refractivity contribution < 1.29 is 38.8 Å². The number of anilines is 1. The quantitative estimate of drug-likeness (QED) is 0.103. The lowest BCUT2D eigenvalue weighted by molar-refractivity contribution is -0.946. The molecule has 0 spiro atoms. The molecule has 8 rings (SSSR count). The van der Waals surface area contributed by atoms with Crippen LogP contribution >= 0.6 is 0 Å². The van der Waals surface area contributed by atoms with Gasteiger partial charge in [-0.15, -0.1) is 0 Å². The number of amides is 1. The van der Waals surface area contributed by atoms with Crippen LogP contribution in [0.5, 0.6) is 17.2 Å². The van der Waals surface area contributed by atoms with Gasteiger partial charge in [0.2, 0.25) is 0 Å². The zero-order chi connectivity index (χ0) is 35.4. The smallest absolute Gasteiger partial charge is 0.262 e. The average Bonchev–Trinajstić information content (AvgIpc) is 3.71. The number of nitrogens with zero attached hydrogens (tertiary/aromatic N) is 1. The van der Waals surface area contributed by atoms with Gasteiger partial charge < -0.3 is 44.6 Å². The van der Waals surface area contributed by atoms with Crippen molar-refractivity contribution in [1.29, 1.82) is 0 Å². The third-order valence-corrected chi connectivity index (χ3v) is 12.0. The highest BCUT2D eigenvalue weighted by Crippen LogP contribution is 2.43. The lowest BCUT2D eigenvalue weighted by Crippen LogP contribution is -2.65. The fourth-order valence-corrected chi connectivity index (χ4v) is 8.95. The molecule has 4 fully saturated rings. The molecule has 2 bridgehead atoms. The van der Waals surface area contributed by atoms with Gasteiger partial charge in [0.1, 0.15) is 35.5 Å². The number of hydrogen-bond acceptors (Lipinski definition) is 8. The first-order valence-corrected chi connectivity index (χ1v) is 18.9. The van der Waals surface area contributed by atoms with Gasteiger partial charge in [-0.25, -0.2) is 0 Å². The van der Waals surface area contributed by atoms with Crippen molar-refractivity contribution in [1.82, 2.24) is 5.32 Å². The summed E-state index contributed by atoms with van der Waals surface area (Å²) in [5.41, 5.74) is 1.91. The number of hydrogen-bond donors (Lipinski definition) is 5. The van der Waals surface area contributed by atoms with Crippen LogP contribution < -0.4 is 20.1 Å². The van der Waals surface area contributed by atoms with Crippen molar-refractivity contribution in [3.05, 3.63) is 83.4 Å². The summed E-state index contributed by atoms with van der Waals surface area (Å²) in [6, 6.07) is 21.1. The molecule has 1 saturated carbocycles. The van der Waals surface area contributed by atoms with Crippen molar-refractivity contribution in [3.63, 3.8) is 0 Å². The van der Waals surface area contributed by atoms with Crippen LogP contribution in [0.2, 0.25) is 0 Å². The number of aliphatic hydroxyl groups is 2. The molecule has 274 valence electrons. The van der Waals surface area contributed by atoms with Gasteiger partial charge in [0.25, 0.3) is 5.91 Å². The van der Waals surface area contributed by atoms with E-state index < -0.39 is 11.7 Å². The van der Waals surface area contributed by atoms with E-state index in [1.54, 1.807) is 0 Å². The number of aromatic hydroxyl groups is 1. The molecule has 0 radical (unpaired) electrons. The molecule has 3 aromatic rings. The van der Waals surface area contributed by atoms with Crippen LogP contribution in [0.25, 0.3) is 0 Å². The lowest BCUT2D eigenvalue weighted by atomic mass is 9.80. The Bertz CT molecular complexity index is 1620. The molecule has 0 unspecified atom stereocenters. The van der Waals surface area contributed by atoms with Gasteiger partial charge in [-0.05, 0) is 55.0 Å². The number of fused-ring (bicyclic) bond motifs is 4. The van der Waals surface area contributed by atoms with Gasteiger partial charge in [-0.3, -0.25) is 4.79 Å². The number of rotatable bonds is 15. The van der Waals surface area contributed by atoms with Gasteiger partial charge in [-0.1, -0.05) is 55.3 Å². The summed E-state index contributed by atoms with van der Waals surface area (Å²) in [5, 5.41) is 39.1. The molecule has 5 aliphatic rings. The molecule has 3 aromatic carbocycles. The molecule has 1 amide bonds. The van der Waals surface area contributed by atoms with E-state index >= 15 is 0 Å². The molecule has 10 nitrogen and oxygen atoms in total. The Balaban J connectivity index is 0.868. The molecule has 4 atom stereocenters. The molecular weight excluding hydrogens is 646 g/mol. The minimum atomic E-state index is -0.945. The molecule has 10 heteroatoms. The predicted molar refractivity (Wildman–Crippen MR) is 195 cm³/mol. The second-order valence-corrected chi connectivity index (χ2v) is 15.3. The summed E-state index contributed by atoms with van der Waals surface area (Å²) in [6.07, 6.45) is 7.08. The molecule has 1 aliphatic carbocycles. The average molecular weight is 701 g/mol. The van der Waals surface area contributed by atoms with Crippen LogP contribution in [0.1, 0.15) is 80.7 Å². The molecular formula is C41H54N3O7+. The highest BCUT2D eigenvalue weighted by atomic mass is 16.5. The van der Waals surface area contributed by atoms with Gasteiger partial charge in [0.15, 0.2) is 6.61 Å². The van der Waals surface area contributed by atoms with Gasteiger partial charge >= 0.3 is 0 Å². The summed E-state index contributed by atoms with van der Waals surface area (Å²) in [4.78, 5) is 11.7. The Labute approximate surface area is 301 Å². The highest BCUT2D eigenvalue weighted by molar-refractivity contribution is 5.96. The highest BCUT2D eigenvalue weighted by Gasteiger charge is 2.48. The van der Waals surface area contributed by atoms with E-state index in [4.69, 9.17) is 14.2 Å². The normalized spacial score (nSPS) is 25.4. The maximum absolute atomic E-state index is 12.0. The maximum Gasteiger partial charge on any atom is 0.262 e. The van der Waals surface area contributed by atoms with E-state index in [2.05, 4.69) is 22.8 Å². The van der Waals surface area contributed by atoms with Crippen LogP contribution in [-0.2, 0) is 15.1 Å². The Morgan fingerprint density at radius 2 is 1.78 bits per heavy atom. The molecule has 51 heavy (non-hydrogen) atoms. The number of phenolic OH excluding ortho intramolecular Hbond substituents is 1. The van der Waals surface area contributed by atoms with E-state index in [9.17, 15) is 20.1 Å². The second-order valence-electron chi connectivity index (χ2n) is 15.3. The SMILES string of the molecule is C[C@@H](NC[C@H](O)c1cc(O)cc2c1OCC(=O)N2)c1ccc(OCCC[N+]23CCC(CC2)[C@@H](OC[C@@](O)(c2ccccc2)C2CCCC2)C3)cc1. The van der Waals surface area contributed by atoms with Crippen LogP contribution in [0.3, 0.4) is 0 Å².